The van der Waals surface area contributed by atoms with Crippen molar-refractivity contribution in [3.05, 3.63) is 65.5 Å². The lowest BCUT2D eigenvalue weighted by Gasteiger charge is -2.11. The van der Waals surface area contributed by atoms with Crippen LogP contribution in [0.25, 0.3) is 6.08 Å². The third kappa shape index (κ3) is 5.03. The van der Waals surface area contributed by atoms with E-state index in [1.807, 2.05) is 0 Å². The Hall–Kier alpha value is -2.47. The van der Waals surface area contributed by atoms with Crippen molar-refractivity contribution in [1.82, 2.24) is 0 Å². The van der Waals surface area contributed by atoms with Gasteiger partial charge in [-0.1, -0.05) is 12.1 Å². The molecule has 0 radical (unpaired) electrons. The van der Waals surface area contributed by atoms with Crippen LogP contribution in [0.15, 0.2) is 48.5 Å². The van der Waals surface area contributed by atoms with Crippen LogP contribution in [0.1, 0.15) is 15.9 Å². The molecule has 0 bridgehead atoms. The summed E-state index contributed by atoms with van der Waals surface area (Å²) in [6, 6.07) is 9.44. The summed E-state index contributed by atoms with van der Waals surface area (Å²) in [5.41, 5.74) is 0.780. The predicted octanol–water partition coefficient (Wildman–Crippen LogP) is 3.20. The van der Waals surface area contributed by atoms with Gasteiger partial charge in [-0.05, 0) is 48.0 Å². The Bertz CT molecular complexity index is 810. The van der Waals surface area contributed by atoms with E-state index >= 15 is 0 Å². The number of hydrogen-bond acceptors (Lipinski definition) is 4. The molecule has 0 heterocycles. The Morgan fingerprint density at radius 2 is 1.79 bits per heavy atom. The van der Waals surface area contributed by atoms with Gasteiger partial charge >= 0.3 is 7.82 Å². The van der Waals surface area contributed by atoms with Gasteiger partial charge in [-0.2, -0.15) is 0 Å². The summed E-state index contributed by atoms with van der Waals surface area (Å²) in [6.45, 7) is 0. The van der Waals surface area contributed by atoms with Crippen LogP contribution in [0.5, 0.6) is 11.5 Å². The van der Waals surface area contributed by atoms with Crippen molar-refractivity contribution in [2.75, 3.05) is 7.11 Å². The van der Waals surface area contributed by atoms with E-state index in [1.54, 1.807) is 6.07 Å². The van der Waals surface area contributed by atoms with Gasteiger partial charge in [-0.15, -0.1) is 0 Å². The van der Waals surface area contributed by atoms with E-state index in [4.69, 9.17) is 14.5 Å². The molecule has 126 valence electrons. The fraction of sp³-hybridized carbons (Fsp3) is 0.0625. The molecule has 0 atom stereocenters. The first kappa shape index (κ1) is 17.9. The minimum Gasteiger partial charge on any atom is -0.493 e. The van der Waals surface area contributed by atoms with Gasteiger partial charge in [0.25, 0.3) is 0 Å². The summed E-state index contributed by atoms with van der Waals surface area (Å²) >= 11 is 0. The minimum atomic E-state index is -4.74. The highest BCUT2D eigenvalue weighted by molar-refractivity contribution is 7.46. The van der Waals surface area contributed by atoms with Crippen molar-refractivity contribution in [3.8, 4) is 11.5 Å². The fourth-order valence-electron chi connectivity index (χ4n) is 1.88. The number of carbonyl (C=O) groups is 1. The van der Waals surface area contributed by atoms with Gasteiger partial charge in [-0.25, -0.2) is 8.96 Å². The third-order valence-electron chi connectivity index (χ3n) is 2.96. The highest BCUT2D eigenvalue weighted by Gasteiger charge is 2.19. The normalized spacial score (nSPS) is 11.5. The number of allylic oxidation sites excluding steroid dienone is 1. The molecule has 8 heteroatoms. The standard InChI is InChI=1S/C16H14FO6P/c1-22-15-9-3-11(10-16(15)23-24(19,20)21)2-8-14(18)12-4-6-13(17)7-5-12/h2-10H,1H3,(H2,19,20,21). The van der Waals surface area contributed by atoms with Gasteiger partial charge in [-0.3, -0.25) is 14.6 Å². The van der Waals surface area contributed by atoms with Gasteiger partial charge in [0.2, 0.25) is 0 Å². The van der Waals surface area contributed by atoms with E-state index in [1.165, 1.54) is 55.7 Å². The quantitative estimate of drug-likeness (QED) is 0.471. The molecular weight excluding hydrogens is 338 g/mol. The second kappa shape index (κ2) is 7.40. The number of methoxy groups -OCH3 is 1. The maximum Gasteiger partial charge on any atom is 0.524 e. The van der Waals surface area contributed by atoms with Crippen LogP contribution in [0.2, 0.25) is 0 Å². The first-order chi connectivity index (χ1) is 11.3. The van der Waals surface area contributed by atoms with Crippen LogP contribution in [0.4, 0.5) is 4.39 Å². The molecule has 0 spiro atoms. The number of rotatable bonds is 6. The topological polar surface area (TPSA) is 93.1 Å². The second-order valence-electron chi connectivity index (χ2n) is 4.70. The number of phosphoric ester groups is 1. The number of benzene rings is 2. The Morgan fingerprint density at radius 1 is 1.12 bits per heavy atom. The third-order valence-corrected chi connectivity index (χ3v) is 3.40. The lowest BCUT2D eigenvalue weighted by Crippen LogP contribution is -1.95. The molecule has 0 unspecified atom stereocenters. The summed E-state index contributed by atoms with van der Waals surface area (Å²) in [6.07, 6.45) is 2.70. The maximum absolute atomic E-state index is 12.8. The number of ether oxygens (including phenoxy) is 1. The van der Waals surface area contributed by atoms with E-state index in [2.05, 4.69) is 4.52 Å². The molecule has 0 aromatic heterocycles. The zero-order valence-electron chi connectivity index (χ0n) is 12.5. The molecule has 6 nitrogen and oxygen atoms in total. The minimum absolute atomic E-state index is 0.139. The first-order valence-corrected chi connectivity index (χ1v) is 8.23. The number of hydrogen-bond donors (Lipinski definition) is 2. The summed E-state index contributed by atoms with van der Waals surface area (Å²) in [4.78, 5) is 29.8. The van der Waals surface area contributed by atoms with Crippen LogP contribution in [0.3, 0.4) is 0 Å². The zero-order valence-corrected chi connectivity index (χ0v) is 13.4. The average molecular weight is 352 g/mol. The van der Waals surface area contributed by atoms with Gasteiger partial charge < -0.3 is 9.26 Å². The van der Waals surface area contributed by atoms with Crippen LogP contribution >= 0.6 is 7.82 Å². The van der Waals surface area contributed by atoms with Crippen LogP contribution < -0.4 is 9.26 Å². The molecule has 2 N–H and O–H groups in total. The Kier molecular flexibility index (Phi) is 5.51. The molecule has 0 fully saturated rings. The van der Waals surface area contributed by atoms with Crippen molar-refractivity contribution >= 4 is 19.7 Å². The lowest BCUT2D eigenvalue weighted by atomic mass is 10.1. The summed E-state index contributed by atoms with van der Waals surface area (Å²) in [5, 5.41) is 0. The Morgan fingerprint density at radius 3 is 2.38 bits per heavy atom. The van der Waals surface area contributed by atoms with Gasteiger partial charge in [0.1, 0.15) is 5.82 Å². The fourth-order valence-corrected chi connectivity index (χ4v) is 2.28. The molecular formula is C16H14FO6P. The van der Waals surface area contributed by atoms with Crippen molar-refractivity contribution in [3.63, 3.8) is 0 Å². The van der Waals surface area contributed by atoms with Crippen molar-refractivity contribution in [1.29, 1.82) is 0 Å². The average Bonchev–Trinajstić information content (AvgIpc) is 2.52. The van der Waals surface area contributed by atoms with E-state index < -0.39 is 13.6 Å². The van der Waals surface area contributed by atoms with Gasteiger partial charge in [0.15, 0.2) is 17.3 Å². The smallest absolute Gasteiger partial charge is 0.493 e. The molecule has 2 aromatic rings. The Balaban J connectivity index is 2.22. The highest BCUT2D eigenvalue weighted by atomic mass is 31.2. The van der Waals surface area contributed by atoms with Crippen LogP contribution in [0, 0.1) is 5.82 Å². The first-order valence-electron chi connectivity index (χ1n) is 6.69. The highest BCUT2D eigenvalue weighted by Crippen LogP contribution is 2.42. The number of phosphoric acid groups is 1. The molecule has 2 aromatic carbocycles. The van der Waals surface area contributed by atoms with Gasteiger partial charge in [0.05, 0.1) is 7.11 Å². The van der Waals surface area contributed by atoms with Crippen LogP contribution in [-0.2, 0) is 4.57 Å². The van der Waals surface area contributed by atoms with Gasteiger partial charge in [0, 0.05) is 5.56 Å². The number of ketones is 1. The molecule has 24 heavy (non-hydrogen) atoms. The number of halogens is 1. The molecule has 2 rings (SSSR count). The zero-order chi connectivity index (χ0) is 17.7. The lowest BCUT2D eigenvalue weighted by molar-refractivity contribution is 0.104. The molecule has 0 aliphatic carbocycles. The monoisotopic (exact) mass is 352 g/mol. The largest absolute Gasteiger partial charge is 0.524 e. The van der Waals surface area contributed by atoms with E-state index in [0.29, 0.717) is 11.1 Å². The Labute approximate surface area is 137 Å². The summed E-state index contributed by atoms with van der Waals surface area (Å²) in [5.74, 6) is -0.796. The summed E-state index contributed by atoms with van der Waals surface area (Å²) < 4.78 is 33.3. The molecule has 0 aliphatic heterocycles. The van der Waals surface area contributed by atoms with Crippen molar-refractivity contribution in [2.24, 2.45) is 0 Å². The number of carbonyl (C=O) groups excluding carboxylic acids is 1. The molecule has 0 aliphatic rings. The molecule has 0 saturated carbocycles. The maximum atomic E-state index is 12.8. The second-order valence-corrected chi connectivity index (χ2v) is 5.86. The van der Waals surface area contributed by atoms with Crippen molar-refractivity contribution in [2.45, 2.75) is 0 Å². The van der Waals surface area contributed by atoms with Crippen molar-refractivity contribution < 1.29 is 32.8 Å². The molecule has 0 amide bonds. The summed E-state index contributed by atoms with van der Waals surface area (Å²) in [7, 11) is -3.42. The van der Waals surface area contributed by atoms with E-state index in [0.717, 1.165) is 0 Å². The van der Waals surface area contributed by atoms with Crippen LogP contribution in [-0.4, -0.2) is 22.7 Å². The van der Waals surface area contributed by atoms with E-state index in [9.17, 15) is 13.8 Å². The van der Waals surface area contributed by atoms with E-state index in [-0.39, 0.29) is 17.3 Å². The predicted molar refractivity (Wildman–Crippen MR) is 85.4 cm³/mol. The molecule has 0 saturated heterocycles. The SMILES string of the molecule is COc1ccc(C=CC(=O)c2ccc(F)cc2)cc1OP(=O)(O)O.